The van der Waals surface area contributed by atoms with E-state index in [4.69, 9.17) is 11.6 Å². The van der Waals surface area contributed by atoms with E-state index >= 15 is 0 Å². The van der Waals surface area contributed by atoms with Crippen molar-refractivity contribution in [2.24, 2.45) is 0 Å². The van der Waals surface area contributed by atoms with Crippen molar-refractivity contribution in [1.29, 1.82) is 0 Å². The van der Waals surface area contributed by atoms with Crippen molar-refractivity contribution >= 4 is 63.6 Å². The summed E-state index contributed by atoms with van der Waals surface area (Å²) in [6.45, 7) is 1.51. The summed E-state index contributed by atoms with van der Waals surface area (Å²) in [5.74, 6) is 1.16. The third kappa shape index (κ3) is 5.61. The average molecular weight is 468 g/mol. The van der Waals surface area contributed by atoms with Gasteiger partial charge in [-0.15, -0.1) is 16.4 Å². The van der Waals surface area contributed by atoms with E-state index in [2.05, 4.69) is 20.2 Å². The van der Waals surface area contributed by atoms with Gasteiger partial charge >= 0.3 is 0 Å². The molecular weight excluding hydrogens is 450 g/mol. The number of hydrogen-bond acceptors (Lipinski definition) is 6. The van der Waals surface area contributed by atoms with Gasteiger partial charge in [0.1, 0.15) is 5.82 Å². The SMILES string of the molecule is CC(=O)N(c1cccc(Cl)c1)c1nc(CSc2n[nH]c(/C=C/c3ccccc3)n2)cs1. The molecule has 0 spiro atoms. The molecule has 4 aromatic rings. The molecule has 0 aliphatic carbocycles. The number of carbonyl (C=O) groups is 1. The number of hydrogen-bond donors (Lipinski definition) is 1. The molecule has 9 heteroatoms. The topological polar surface area (TPSA) is 74.8 Å². The Labute approximate surface area is 193 Å². The number of nitrogens with zero attached hydrogens (tertiary/aromatic N) is 4. The highest BCUT2D eigenvalue weighted by molar-refractivity contribution is 7.98. The van der Waals surface area contributed by atoms with Crippen molar-refractivity contribution in [3.05, 3.63) is 82.1 Å². The molecule has 2 heterocycles. The quantitative estimate of drug-likeness (QED) is 0.334. The fourth-order valence-corrected chi connectivity index (χ4v) is 4.66. The number of halogens is 1. The lowest BCUT2D eigenvalue weighted by atomic mass is 10.2. The zero-order chi connectivity index (χ0) is 21.6. The van der Waals surface area contributed by atoms with Crippen molar-refractivity contribution in [2.45, 2.75) is 17.8 Å². The van der Waals surface area contributed by atoms with Crippen LogP contribution in [0.4, 0.5) is 10.8 Å². The van der Waals surface area contributed by atoms with Gasteiger partial charge in [-0.3, -0.25) is 14.8 Å². The van der Waals surface area contributed by atoms with Crippen molar-refractivity contribution in [3.8, 4) is 0 Å². The summed E-state index contributed by atoms with van der Waals surface area (Å²) >= 11 is 8.97. The Balaban J connectivity index is 1.41. The minimum absolute atomic E-state index is 0.125. The van der Waals surface area contributed by atoms with E-state index < -0.39 is 0 Å². The van der Waals surface area contributed by atoms with Gasteiger partial charge in [0.15, 0.2) is 5.13 Å². The molecule has 0 atom stereocenters. The molecule has 0 fully saturated rings. The summed E-state index contributed by atoms with van der Waals surface area (Å²) in [4.78, 5) is 22.9. The van der Waals surface area contributed by atoms with Crippen LogP contribution >= 0.6 is 34.7 Å². The van der Waals surface area contributed by atoms with Crippen LogP contribution in [0, 0.1) is 0 Å². The normalized spacial score (nSPS) is 11.2. The highest BCUT2D eigenvalue weighted by Crippen LogP contribution is 2.31. The number of carbonyl (C=O) groups excluding carboxylic acids is 1. The molecule has 6 nitrogen and oxygen atoms in total. The summed E-state index contributed by atoms with van der Waals surface area (Å²) in [6, 6.07) is 17.2. The van der Waals surface area contributed by atoms with Crippen LogP contribution in [0.1, 0.15) is 24.0 Å². The maximum absolute atomic E-state index is 12.2. The van der Waals surface area contributed by atoms with Crippen molar-refractivity contribution < 1.29 is 4.79 Å². The van der Waals surface area contributed by atoms with Gasteiger partial charge in [0, 0.05) is 23.1 Å². The number of aromatic amines is 1. The maximum atomic E-state index is 12.2. The third-order valence-electron chi connectivity index (χ3n) is 4.18. The van der Waals surface area contributed by atoms with Crippen LogP contribution in [0.25, 0.3) is 12.2 Å². The number of H-pyrrole nitrogens is 1. The van der Waals surface area contributed by atoms with Gasteiger partial charge in [0.25, 0.3) is 0 Å². The fourth-order valence-electron chi connectivity index (χ4n) is 2.78. The monoisotopic (exact) mass is 467 g/mol. The van der Waals surface area contributed by atoms with Gasteiger partial charge in [-0.1, -0.05) is 65.8 Å². The summed E-state index contributed by atoms with van der Waals surface area (Å²) in [5, 5.41) is 10.9. The number of thioether (sulfide) groups is 1. The van der Waals surface area contributed by atoms with E-state index in [1.54, 1.807) is 17.0 Å². The molecule has 0 unspecified atom stereocenters. The van der Waals surface area contributed by atoms with Crippen molar-refractivity contribution in [3.63, 3.8) is 0 Å². The second kappa shape index (κ2) is 9.91. The molecule has 0 radical (unpaired) electrons. The molecule has 1 amide bonds. The molecule has 156 valence electrons. The predicted molar refractivity (Wildman–Crippen MR) is 128 cm³/mol. The van der Waals surface area contributed by atoms with E-state index in [9.17, 15) is 4.79 Å². The van der Waals surface area contributed by atoms with E-state index in [1.165, 1.54) is 30.0 Å². The Morgan fingerprint density at radius 1 is 1.16 bits per heavy atom. The largest absolute Gasteiger partial charge is 0.274 e. The minimum Gasteiger partial charge on any atom is -0.274 e. The van der Waals surface area contributed by atoms with Crippen LogP contribution in [-0.4, -0.2) is 26.1 Å². The van der Waals surface area contributed by atoms with Crippen LogP contribution in [0.3, 0.4) is 0 Å². The number of anilines is 2. The Morgan fingerprint density at radius 2 is 2.00 bits per heavy atom. The zero-order valence-corrected chi connectivity index (χ0v) is 18.9. The lowest BCUT2D eigenvalue weighted by molar-refractivity contribution is -0.115. The Bertz CT molecular complexity index is 1210. The van der Waals surface area contributed by atoms with Crippen LogP contribution in [0.15, 0.2) is 65.1 Å². The van der Waals surface area contributed by atoms with Gasteiger partial charge in [-0.25, -0.2) is 9.97 Å². The van der Waals surface area contributed by atoms with Crippen LogP contribution in [-0.2, 0) is 10.5 Å². The first-order valence-corrected chi connectivity index (χ1v) is 11.6. The first kappa shape index (κ1) is 21.3. The van der Waals surface area contributed by atoms with Gasteiger partial charge in [0.05, 0.1) is 11.4 Å². The van der Waals surface area contributed by atoms with Crippen LogP contribution in [0.2, 0.25) is 5.02 Å². The first-order chi connectivity index (χ1) is 15.1. The first-order valence-electron chi connectivity index (χ1n) is 9.37. The number of thiazole rings is 1. The smallest absolute Gasteiger partial charge is 0.230 e. The standard InChI is InChI=1S/C22H18ClN5OS2/c1-15(29)28(19-9-5-8-17(23)12-19)22-24-18(14-31-22)13-30-21-25-20(26-27-21)11-10-16-6-3-2-4-7-16/h2-12,14H,13H2,1H3,(H,25,26,27)/b11-10+. The van der Waals surface area contributed by atoms with Crippen LogP contribution < -0.4 is 4.90 Å². The number of amides is 1. The predicted octanol–water partition coefficient (Wildman–Crippen LogP) is 6.06. The zero-order valence-electron chi connectivity index (χ0n) is 16.5. The van der Waals surface area contributed by atoms with Crippen molar-refractivity contribution in [2.75, 3.05) is 4.90 Å². The molecule has 0 aliphatic rings. The second-order valence-corrected chi connectivity index (χ2v) is 8.71. The van der Waals surface area contributed by atoms with E-state index in [1.807, 2.05) is 60.0 Å². The fraction of sp³-hybridized carbons (Fsp3) is 0.0909. The molecule has 31 heavy (non-hydrogen) atoms. The number of aromatic nitrogens is 4. The number of nitrogens with one attached hydrogen (secondary N) is 1. The Hall–Kier alpha value is -2.94. The summed E-state index contributed by atoms with van der Waals surface area (Å²) in [5.41, 5.74) is 2.64. The molecule has 2 aromatic carbocycles. The second-order valence-electron chi connectivity index (χ2n) is 6.49. The Kier molecular flexibility index (Phi) is 6.81. The number of benzene rings is 2. The molecule has 0 bridgehead atoms. The van der Waals surface area contributed by atoms with E-state index in [-0.39, 0.29) is 5.91 Å². The van der Waals surface area contributed by atoms with Gasteiger partial charge in [-0.2, -0.15) is 0 Å². The molecule has 0 saturated carbocycles. The van der Waals surface area contributed by atoms with Crippen LogP contribution in [0.5, 0.6) is 0 Å². The van der Waals surface area contributed by atoms with E-state index in [0.717, 1.165) is 11.3 Å². The summed E-state index contributed by atoms with van der Waals surface area (Å²) in [7, 11) is 0. The van der Waals surface area contributed by atoms with Gasteiger partial charge in [-0.05, 0) is 29.8 Å². The van der Waals surface area contributed by atoms with Gasteiger partial charge < -0.3 is 0 Å². The molecule has 0 aliphatic heterocycles. The molecule has 4 rings (SSSR count). The minimum atomic E-state index is -0.125. The van der Waals surface area contributed by atoms with E-state index in [0.29, 0.717) is 32.6 Å². The molecule has 0 saturated heterocycles. The molecule has 1 N–H and O–H groups in total. The summed E-state index contributed by atoms with van der Waals surface area (Å²) in [6.07, 6.45) is 3.87. The molecule has 2 aromatic heterocycles. The Morgan fingerprint density at radius 3 is 2.77 bits per heavy atom. The highest BCUT2D eigenvalue weighted by Gasteiger charge is 2.18. The third-order valence-corrected chi connectivity index (χ3v) is 6.17. The lowest BCUT2D eigenvalue weighted by Gasteiger charge is -2.18. The maximum Gasteiger partial charge on any atom is 0.230 e. The van der Waals surface area contributed by atoms with Crippen molar-refractivity contribution in [1.82, 2.24) is 20.2 Å². The molecular formula is C22H18ClN5OS2. The highest BCUT2D eigenvalue weighted by atomic mass is 35.5. The summed E-state index contributed by atoms with van der Waals surface area (Å²) < 4.78 is 0. The lowest BCUT2D eigenvalue weighted by Crippen LogP contribution is -2.22. The van der Waals surface area contributed by atoms with Gasteiger partial charge in [0.2, 0.25) is 11.1 Å². The number of rotatable bonds is 7. The average Bonchev–Trinajstić information content (AvgIpc) is 3.41.